The van der Waals surface area contributed by atoms with Crippen LogP contribution in [-0.4, -0.2) is 17.4 Å². The van der Waals surface area contributed by atoms with Gasteiger partial charge in [0.1, 0.15) is 17.1 Å². The Hall–Kier alpha value is -2.18. The molecule has 1 rings (SSSR count). The molecule has 4 nitrogen and oxygen atoms in total. The van der Waals surface area contributed by atoms with Gasteiger partial charge in [0, 0.05) is 6.07 Å². The van der Waals surface area contributed by atoms with Crippen molar-refractivity contribution in [2.24, 2.45) is 0 Å². The molecule has 0 saturated heterocycles. The molecule has 0 radical (unpaired) electrons. The van der Waals surface area contributed by atoms with Crippen molar-refractivity contribution in [2.45, 2.75) is 6.36 Å². The van der Waals surface area contributed by atoms with E-state index in [1.165, 1.54) is 0 Å². The number of hydrogen-bond donors (Lipinski definition) is 1. The molecule has 1 aromatic rings. The second-order valence-corrected chi connectivity index (χ2v) is 2.80. The van der Waals surface area contributed by atoms with Crippen molar-refractivity contribution in [3.05, 3.63) is 36.6 Å². The van der Waals surface area contributed by atoms with Crippen LogP contribution in [0.15, 0.2) is 31.0 Å². The lowest BCUT2D eigenvalue weighted by Crippen LogP contribution is -2.17. The van der Waals surface area contributed by atoms with Gasteiger partial charge in [-0.1, -0.05) is 6.58 Å². The minimum Gasteiger partial charge on any atom is -0.478 e. The second kappa shape index (κ2) is 4.77. The zero-order valence-electron chi connectivity index (χ0n) is 8.32. The van der Waals surface area contributed by atoms with Crippen LogP contribution in [0.1, 0.15) is 10.4 Å². The minimum absolute atomic E-state index is 0.283. The molecule has 1 N–H and O–H groups in total. The van der Waals surface area contributed by atoms with Crippen molar-refractivity contribution in [3.8, 4) is 11.5 Å². The van der Waals surface area contributed by atoms with Crippen LogP contribution in [0, 0.1) is 0 Å². The fourth-order valence-electron chi connectivity index (χ4n) is 1.06. The zero-order chi connectivity index (χ0) is 13.1. The number of carboxylic acids is 1. The van der Waals surface area contributed by atoms with Crippen molar-refractivity contribution in [1.29, 1.82) is 0 Å². The molecule has 0 atom stereocenters. The molecule has 17 heavy (non-hydrogen) atoms. The summed E-state index contributed by atoms with van der Waals surface area (Å²) in [6.07, 6.45) is -3.95. The van der Waals surface area contributed by atoms with E-state index >= 15 is 0 Å². The Morgan fingerprint density at radius 1 is 1.41 bits per heavy atom. The summed E-state index contributed by atoms with van der Waals surface area (Å²) in [6.45, 7) is 3.18. The highest BCUT2D eigenvalue weighted by atomic mass is 19.4. The Morgan fingerprint density at radius 3 is 2.53 bits per heavy atom. The molecule has 0 bridgehead atoms. The highest BCUT2D eigenvalue weighted by Gasteiger charge is 2.31. The second-order valence-electron chi connectivity index (χ2n) is 2.80. The van der Waals surface area contributed by atoms with Crippen LogP contribution in [0.4, 0.5) is 13.2 Å². The van der Waals surface area contributed by atoms with Crippen LogP contribution >= 0.6 is 0 Å². The average Bonchev–Trinajstić information content (AvgIpc) is 2.15. The van der Waals surface area contributed by atoms with E-state index in [0.29, 0.717) is 0 Å². The summed E-state index contributed by atoms with van der Waals surface area (Å²) in [5, 5.41) is 8.74. The Morgan fingerprint density at radius 2 is 2.06 bits per heavy atom. The van der Waals surface area contributed by atoms with Gasteiger partial charge in [-0.05, 0) is 12.1 Å². The molecule has 0 aliphatic heterocycles. The van der Waals surface area contributed by atoms with Gasteiger partial charge >= 0.3 is 12.3 Å². The average molecular weight is 248 g/mol. The van der Waals surface area contributed by atoms with Gasteiger partial charge in [0.25, 0.3) is 0 Å². The Balaban J connectivity index is 3.09. The number of aromatic carboxylic acids is 1. The van der Waals surface area contributed by atoms with E-state index in [2.05, 4.69) is 16.1 Å². The van der Waals surface area contributed by atoms with Crippen molar-refractivity contribution >= 4 is 5.97 Å². The van der Waals surface area contributed by atoms with E-state index in [9.17, 15) is 18.0 Å². The fraction of sp³-hybridized carbons (Fsp3) is 0.100. The molecule has 0 aromatic heterocycles. The molecule has 0 spiro atoms. The predicted molar refractivity (Wildman–Crippen MR) is 50.9 cm³/mol. The molecule has 1 aromatic carbocycles. The van der Waals surface area contributed by atoms with Crippen LogP contribution in [-0.2, 0) is 0 Å². The molecular formula is C10H7F3O4. The third-order valence-electron chi connectivity index (χ3n) is 1.63. The predicted octanol–water partition coefficient (Wildman–Crippen LogP) is 2.81. The zero-order valence-corrected chi connectivity index (χ0v) is 8.32. The summed E-state index contributed by atoms with van der Waals surface area (Å²) < 4.78 is 44.1. The van der Waals surface area contributed by atoms with Crippen LogP contribution in [0.5, 0.6) is 11.5 Å². The van der Waals surface area contributed by atoms with E-state index < -0.39 is 18.1 Å². The highest BCUT2D eigenvalue weighted by Crippen LogP contribution is 2.29. The first kappa shape index (κ1) is 12.9. The standard InChI is InChI=1S/C10H7F3O4/c1-2-16-8-5-6(17-10(11,12)13)3-4-7(8)9(14)15/h2-5H,1H2,(H,14,15). The van der Waals surface area contributed by atoms with E-state index in [4.69, 9.17) is 5.11 Å². The lowest BCUT2D eigenvalue weighted by molar-refractivity contribution is -0.274. The van der Waals surface area contributed by atoms with Crippen molar-refractivity contribution < 1.29 is 32.5 Å². The van der Waals surface area contributed by atoms with E-state index in [1.54, 1.807) is 0 Å². The van der Waals surface area contributed by atoms with Gasteiger partial charge in [-0.3, -0.25) is 0 Å². The molecule has 92 valence electrons. The number of carbonyl (C=O) groups is 1. The molecule has 0 amide bonds. The van der Waals surface area contributed by atoms with Gasteiger partial charge in [-0.15, -0.1) is 13.2 Å². The number of benzene rings is 1. The molecule has 0 saturated carbocycles. The number of hydrogen-bond acceptors (Lipinski definition) is 3. The van der Waals surface area contributed by atoms with Gasteiger partial charge in [0.15, 0.2) is 0 Å². The summed E-state index contributed by atoms with van der Waals surface area (Å²) in [5.74, 6) is -2.19. The molecule has 0 unspecified atom stereocenters. The number of halogens is 3. The van der Waals surface area contributed by atoms with Gasteiger partial charge < -0.3 is 14.6 Å². The Labute approximate surface area is 93.9 Å². The third-order valence-corrected chi connectivity index (χ3v) is 1.63. The van der Waals surface area contributed by atoms with E-state index in [1.807, 2.05) is 0 Å². The summed E-state index contributed by atoms with van der Waals surface area (Å²) in [5.41, 5.74) is -0.292. The van der Waals surface area contributed by atoms with Crippen molar-refractivity contribution in [1.82, 2.24) is 0 Å². The monoisotopic (exact) mass is 248 g/mol. The SMILES string of the molecule is C=COc1cc(OC(F)(F)F)ccc1C(=O)O. The topological polar surface area (TPSA) is 55.8 Å². The minimum atomic E-state index is -4.85. The number of ether oxygens (including phenoxy) is 2. The highest BCUT2D eigenvalue weighted by molar-refractivity contribution is 5.91. The number of carboxylic acid groups (broad SMARTS) is 1. The van der Waals surface area contributed by atoms with Crippen molar-refractivity contribution in [3.63, 3.8) is 0 Å². The van der Waals surface area contributed by atoms with Crippen LogP contribution in [0.25, 0.3) is 0 Å². The first-order chi connectivity index (χ1) is 7.83. The number of rotatable bonds is 4. The molecule has 0 fully saturated rings. The normalized spacial score (nSPS) is 10.8. The molecule has 7 heteroatoms. The Bertz CT molecular complexity index is 440. The molecule has 0 heterocycles. The first-order valence-electron chi connectivity index (χ1n) is 4.24. The van der Waals surface area contributed by atoms with Gasteiger partial charge in [-0.25, -0.2) is 4.79 Å². The Kier molecular flexibility index (Phi) is 3.62. The maximum Gasteiger partial charge on any atom is 0.573 e. The van der Waals surface area contributed by atoms with Gasteiger partial charge in [0.2, 0.25) is 0 Å². The summed E-state index contributed by atoms with van der Waals surface area (Å²) in [7, 11) is 0. The number of alkyl halides is 3. The van der Waals surface area contributed by atoms with E-state index in [-0.39, 0.29) is 11.3 Å². The molecule has 0 aliphatic carbocycles. The summed E-state index contributed by atoms with van der Waals surface area (Å²) >= 11 is 0. The summed E-state index contributed by atoms with van der Waals surface area (Å²) in [4.78, 5) is 10.7. The van der Waals surface area contributed by atoms with Crippen LogP contribution in [0.3, 0.4) is 0 Å². The van der Waals surface area contributed by atoms with Crippen LogP contribution < -0.4 is 9.47 Å². The van der Waals surface area contributed by atoms with Crippen LogP contribution in [0.2, 0.25) is 0 Å². The van der Waals surface area contributed by atoms with Gasteiger partial charge in [0.05, 0.1) is 6.26 Å². The third kappa shape index (κ3) is 3.71. The molecular weight excluding hydrogens is 241 g/mol. The lowest BCUT2D eigenvalue weighted by atomic mass is 10.2. The smallest absolute Gasteiger partial charge is 0.478 e. The molecule has 0 aliphatic rings. The maximum absolute atomic E-state index is 11.9. The fourth-order valence-corrected chi connectivity index (χ4v) is 1.06. The maximum atomic E-state index is 11.9. The van der Waals surface area contributed by atoms with Crippen molar-refractivity contribution in [2.75, 3.05) is 0 Å². The first-order valence-corrected chi connectivity index (χ1v) is 4.24. The quantitative estimate of drug-likeness (QED) is 0.832. The lowest BCUT2D eigenvalue weighted by Gasteiger charge is -2.11. The van der Waals surface area contributed by atoms with E-state index in [0.717, 1.165) is 24.5 Å². The van der Waals surface area contributed by atoms with Gasteiger partial charge in [-0.2, -0.15) is 0 Å². The largest absolute Gasteiger partial charge is 0.573 e. The summed E-state index contributed by atoms with van der Waals surface area (Å²) in [6, 6.07) is 2.65.